The zero-order chi connectivity index (χ0) is 13.1. The fourth-order valence-electron chi connectivity index (χ4n) is 1.70. The first-order valence-electron chi connectivity index (χ1n) is 5.38. The van der Waals surface area contributed by atoms with E-state index in [1.165, 1.54) is 0 Å². The number of nitrogens with zero attached hydrogens (tertiary/aromatic N) is 1. The molecule has 2 rings (SSSR count). The van der Waals surface area contributed by atoms with Crippen molar-refractivity contribution >= 4 is 29.3 Å². The molecular weight excluding hydrogens is 260 g/mol. The van der Waals surface area contributed by atoms with Gasteiger partial charge in [0.1, 0.15) is 17.1 Å². The molecule has 0 aromatic carbocycles. The van der Waals surface area contributed by atoms with Crippen molar-refractivity contribution in [3.8, 4) is 0 Å². The van der Waals surface area contributed by atoms with Gasteiger partial charge in [0, 0.05) is 0 Å². The van der Waals surface area contributed by atoms with Crippen LogP contribution in [-0.2, 0) is 14.3 Å². The maximum Gasteiger partial charge on any atom is 0.332 e. The van der Waals surface area contributed by atoms with E-state index >= 15 is 0 Å². The SMILES string of the molecule is O=C(O)C1CCC(C(=O)Nc2cccc(Cl)n2)O1. The van der Waals surface area contributed by atoms with E-state index in [2.05, 4.69) is 10.3 Å². The Morgan fingerprint density at radius 2 is 2.11 bits per heavy atom. The van der Waals surface area contributed by atoms with Gasteiger partial charge in [-0.1, -0.05) is 17.7 Å². The number of carbonyl (C=O) groups excluding carboxylic acids is 1. The number of carbonyl (C=O) groups is 2. The molecule has 2 unspecified atom stereocenters. The van der Waals surface area contributed by atoms with Crippen LogP contribution in [0.1, 0.15) is 12.8 Å². The zero-order valence-corrected chi connectivity index (χ0v) is 10.1. The summed E-state index contributed by atoms with van der Waals surface area (Å²) < 4.78 is 5.11. The molecule has 2 N–H and O–H groups in total. The molecule has 7 heteroatoms. The molecule has 18 heavy (non-hydrogen) atoms. The van der Waals surface area contributed by atoms with E-state index in [0.29, 0.717) is 18.7 Å². The number of carboxylic acid groups (broad SMARTS) is 1. The Morgan fingerprint density at radius 1 is 1.39 bits per heavy atom. The Morgan fingerprint density at radius 3 is 2.72 bits per heavy atom. The van der Waals surface area contributed by atoms with Crippen molar-refractivity contribution in [3.05, 3.63) is 23.4 Å². The molecule has 0 radical (unpaired) electrons. The predicted octanol–water partition coefficient (Wildman–Crippen LogP) is 1.31. The number of pyridine rings is 1. The van der Waals surface area contributed by atoms with Crippen LogP contribution in [0.2, 0.25) is 5.15 Å². The van der Waals surface area contributed by atoms with Gasteiger partial charge in [0.25, 0.3) is 5.91 Å². The van der Waals surface area contributed by atoms with Crippen LogP contribution in [-0.4, -0.2) is 34.2 Å². The Hall–Kier alpha value is -1.66. The number of anilines is 1. The molecule has 6 nitrogen and oxygen atoms in total. The van der Waals surface area contributed by atoms with Gasteiger partial charge in [-0.2, -0.15) is 0 Å². The van der Waals surface area contributed by atoms with Gasteiger partial charge in [-0.15, -0.1) is 0 Å². The van der Waals surface area contributed by atoms with E-state index in [-0.39, 0.29) is 5.15 Å². The molecule has 0 bridgehead atoms. The van der Waals surface area contributed by atoms with E-state index in [0.717, 1.165) is 0 Å². The molecule has 0 spiro atoms. The first-order chi connectivity index (χ1) is 8.56. The fraction of sp³-hybridized carbons (Fsp3) is 0.364. The highest BCUT2D eigenvalue weighted by atomic mass is 35.5. The molecule has 1 aliphatic rings. The van der Waals surface area contributed by atoms with Crippen molar-refractivity contribution < 1.29 is 19.4 Å². The standard InChI is InChI=1S/C11H11ClN2O4/c12-8-2-1-3-9(13-8)14-10(15)6-4-5-7(18-6)11(16)17/h1-3,6-7H,4-5H2,(H,16,17)(H,13,14,15). The van der Waals surface area contributed by atoms with E-state index in [4.69, 9.17) is 21.4 Å². The highest BCUT2D eigenvalue weighted by molar-refractivity contribution is 6.29. The number of hydrogen-bond donors (Lipinski definition) is 2. The van der Waals surface area contributed by atoms with Gasteiger partial charge in [0.2, 0.25) is 0 Å². The maximum atomic E-state index is 11.8. The van der Waals surface area contributed by atoms with Gasteiger partial charge in [0.15, 0.2) is 6.10 Å². The van der Waals surface area contributed by atoms with Gasteiger partial charge in [-0.3, -0.25) is 4.79 Å². The molecular formula is C11H11ClN2O4. The minimum Gasteiger partial charge on any atom is -0.479 e. The molecule has 2 heterocycles. The number of halogens is 1. The molecule has 0 saturated carbocycles. The Labute approximate surface area is 108 Å². The average Bonchev–Trinajstić information content (AvgIpc) is 2.78. The minimum absolute atomic E-state index is 0.267. The van der Waals surface area contributed by atoms with Crippen LogP contribution >= 0.6 is 11.6 Å². The molecule has 1 amide bonds. The lowest BCUT2D eigenvalue weighted by Gasteiger charge is -2.11. The van der Waals surface area contributed by atoms with Crippen molar-refractivity contribution in [3.63, 3.8) is 0 Å². The summed E-state index contributed by atoms with van der Waals surface area (Å²) in [6.07, 6.45) is -0.959. The molecule has 1 aromatic rings. The minimum atomic E-state index is -1.05. The molecule has 96 valence electrons. The molecule has 1 saturated heterocycles. The second-order valence-electron chi connectivity index (χ2n) is 3.86. The van der Waals surface area contributed by atoms with Crippen LogP contribution in [0, 0.1) is 0 Å². The summed E-state index contributed by atoms with van der Waals surface area (Å²) in [5.41, 5.74) is 0. The molecule has 1 aliphatic heterocycles. The third kappa shape index (κ3) is 2.96. The largest absolute Gasteiger partial charge is 0.479 e. The summed E-state index contributed by atoms with van der Waals surface area (Å²) in [5, 5.41) is 11.6. The van der Waals surface area contributed by atoms with Crippen molar-refractivity contribution in [1.82, 2.24) is 4.98 Å². The highest BCUT2D eigenvalue weighted by Crippen LogP contribution is 2.21. The average molecular weight is 271 g/mol. The van der Waals surface area contributed by atoms with Crippen molar-refractivity contribution in [2.75, 3.05) is 5.32 Å². The smallest absolute Gasteiger partial charge is 0.332 e. The van der Waals surface area contributed by atoms with Crippen LogP contribution < -0.4 is 5.32 Å². The van der Waals surface area contributed by atoms with Crippen molar-refractivity contribution in [2.24, 2.45) is 0 Å². The first-order valence-corrected chi connectivity index (χ1v) is 5.76. The maximum absolute atomic E-state index is 11.8. The van der Waals surface area contributed by atoms with Gasteiger partial charge in [-0.25, -0.2) is 9.78 Å². The summed E-state index contributed by atoms with van der Waals surface area (Å²) in [6, 6.07) is 4.83. The topological polar surface area (TPSA) is 88.5 Å². The van der Waals surface area contributed by atoms with Gasteiger partial charge in [0.05, 0.1) is 0 Å². The van der Waals surface area contributed by atoms with Crippen molar-refractivity contribution in [1.29, 1.82) is 0 Å². The van der Waals surface area contributed by atoms with E-state index in [1.807, 2.05) is 0 Å². The van der Waals surface area contributed by atoms with Crippen molar-refractivity contribution in [2.45, 2.75) is 25.0 Å². The lowest BCUT2D eigenvalue weighted by Crippen LogP contribution is -2.30. The van der Waals surface area contributed by atoms with Gasteiger partial charge >= 0.3 is 5.97 Å². The summed E-state index contributed by atoms with van der Waals surface area (Å²) in [6.45, 7) is 0. The number of nitrogens with one attached hydrogen (secondary N) is 1. The highest BCUT2D eigenvalue weighted by Gasteiger charge is 2.34. The quantitative estimate of drug-likeness (QED) is 0.809. The Bertz CT molecular complexity index is 480. The molecule has 2 atom stereocenters. The fourth-order valence-corrected chi connectivity index (χ4v) is 1.86. The lowest BCUT2D eigenvalue weighted by molar-refractivity contribution is -0.150. The lowest BCUT2D eigenvalue weighted by atomic mass is 10.2. The predicted molar refractivity (Wildman–Crippen MR) is 63.4 cm³/mol. The third-order valence-corrected chi connectivity index (χ3v) is 2.76. The number of ether oxygens (including phenoxy) is 1. The van der Waals surface area contributed by atoms with Crippen LogP contribution in [0.25, 0.3) is 0 Å². The monoisotopic (exact) mass is 270 g/mol. The summed E-state index contributed by atoms with van der Waals surface area (Å²) in [5.74, 6) is -1.14. The second kappa shape index (κ2) is 5.32. The number of aliphatic carboxylic acids is 1. The number of carboxylic acids is 1. The third-order valence-electron chi connectivity index (χ3n) is 2.55. The van der Waals surface area contributed by atoms with E-state index < -0.39 is 24.1 Å². The summed E-state index contributed by atoms with van der Waals surface area (Å²) in [7, 11) is 0. The summed E-state index contributed by atoms with van der Waals surface area (Å²) in [4.78, 5) is 26.4. The number of hydrogen-bond acceptors (Lipinski definition) is 4. The van der Waals surface area contributed by atoms with Crippen LogP contribution in [0.3, 0.4) is 0 Å². The Kier molecular flexibility index (Phi) is 3.78. The number of aromatic nitrogens is 1. The second-order valence-corrected chi connectivity index (χ2v) is 4.25. The number of amides is 1. The molecule has 1 aromatic heterocycles. The number of rotatable bonds is 3. The Balaban J connectivity index is 1.95. The molecule has 1 fully saturated rings. The normalized spacial score (nSPS) is 22.7. The molecule has 0 aliphatic carbocycles. The van der Waals surface area contributed by atoms with Crippen LogP contribution in [0.5, 0.6) is 0 Å². The zero-order valence-electron chi connectivity index (χ0n) is 9.30. The van der Waals surface area contributed by atoms with Gasteiger partial charge < -0.3 is 15.2 Å². The van der Waals surface area contributed by atoms with Crippen LogP contribution in [0.15, 0.2) is 18.2 Å². The first kappa shape index (κ1) is 12.8. The summed E-state index contributed by atoms with van der Waals surface area (Å²) >= 11 is 5.68. The van der Waals surface area contributed by atoms with E-state index in [9.17, 15) is 9.59 Å². The van der Waals surface area contributed by atoms with E-state index in [1.54, 1.807) is 18.2 Å². The van der Waals surface area contributed by atoms with Gasteiger partial charge in [-0.05, 0) is 25.0 Å². The van der Waals surface area contributed by atoms with Crippen LogP contribution in [0.4, 0.5) is 5.82 Å².